The molecule has 2 aromatic carbocycles. The van der Waals surface area contributed by atoms with Crippen molar-refractivity contribution in [2.24, 2.45) is 0 Å². The molecule has 0 amide bonds. The number of ether oxygens (including phenoxy) is 2. The van der Waals surface area contributed by atoms with E-state index >= 15 is 0 Å². The normalized spacial score (nSPS) is 11.7. The van der Waals surface area contributed by atoms with Crippen molar-refractivity contribution >= 4 is 7.60 Å². The van der Waals surface area contributed by atoms with Gasteiger partial charge in [-0.15, -0.1) is 0 Å². The number of aryl methyl sites for hydroxylation is 3. The lowest BCUT2D eigenvalue weighted by Gasteiger charge is -2.18. The summed E-state index contributed by atoms with van der Waals surface area (Å²) >= 11 is 0. The maximum atomic E-state index is 12.7. The molecular formula is C24H35O5P. The van der Waals surface area contributed by atoms with Gasteiger partial charge in [0.05, 0.1) is 26.5 Å². The van der Waals surface area contributed by atoms with Crippen molar-refractivity contribution in [3.63, 3.8) is 0 Å². The summed E-state index contributed by atoms with van der Waals surface area (Å²) in [6.45, 7) is 12.7. The minimum absolute atomic E-state index is 0.333. The summed E-state index contributed by atoms with van der Waals surface area (Å²) in [6, 6.07) is 10.1. The van der Waals surface area contributed by atoms with Crippen LogP contribution >= 0.6 is 7.60 Å². The maximum absolute atomic E-state index is 12.7. The molecule has 0 spiro atoms. The van der Waals surface area contributed by atoms with Crippen molar-refractivity contribution in [1.29, 1.82) is 0 Å². The van der Waals surface area contributed by atoms with Gasteiger partial charge in [0.25, 0.3) is 0 Å². The topological polar surface area (TPSA) is 54.0 Å². The van der Waals surface area contributed by atoms with Gasteiger partial charge in [-0.3, -0.25) is 4.57 Å². The second-order valence-corrected chi connectivity index (χ2v) is 9.82. The van der Waals surface area contributed by atoms with Gasteiger partial charge in [-0.05, 0) is 74.9 Å². The Morgan fingerprint density at radius 1 is 0.967 bits per heavy atom. The molecule has 0 heterocycles. The predicted octanol–water partition coefficient (Wildman–Crippen LogP) is 7.04. The molecule has 30 heavy (non-hydrogen) atoms. The molecule has 0 N–H and O–H groups in total. The molecule has 5 nitrogen and oxygen atoms in total. The van der Waals surface area contributed by atoms with Crippen molar-refractivity contribution in [1.82, 2.24) is 0 Å². The highest BCUT2D eigenvalue weighted by molar-refractivity contribution is 7.53. The Morgan fingerprint density at radius 3 is 2.07 bits per heavy atom. The van der Waals surface area contributed by atoms with Gasteiger partial charge in [-0.2, -0.15) is 0 Å². The minimum atomic E-state index is -3.05. The van der Waals surface area contributed by atoms with Gasteiger partial charge in [-0.1, -0.05) is 26.0 Å². The molecule has 0 aromatic heterocycles. The average Bonchev–Trinajstić information content (AvgIpc) is 2.69. The van der Waals surface area contributed by atoms with Crippen LogP contribution in [0, 0.1) is 13.8 Å². The summed E-state index contributed by atoms with van der Waals surface area (Å²) in [7, 11) is -1.36. The van der Waals surface area contributed by atoms with Crippen LogP contribution in [0.25, 0.3) is 0 Å². The zero-order valence-corrected chi connectivity index (χ0v) is 20.2. The summed E-state index contributed by atoms with van der Waals surface area (Å²) in [4.78, 5) is 0. The van der Waals surface area contributed by atoms with Crippen LogP contribution in [-0.2, 0) is 20.0 Å². The van der Waals surface area contributed by atoms with E-state index in [4.69, 9.17) is 18.5 Å². The molecule has 0 radical (unpaired) electrons. The highest BCUT2D eigenvalue weighted by Gasteiger charge is 2.23. The van der Waals surface area contributed by atoms with Gasteiger partial charge in [0.15, 0.2) is 0 Å². The fourth-order valence-electron chi connectivity index (χ4n) is 3.52. The Bertz CT molecular complexity index is 858. The fourth-order valence-corrected chi connectivity index (χ4v) is 5.17. The van der Waals surface area contributed by atoms with E-state index in [0.29, 0.717) is 31.7 Å². The highest BCUT2D eigenvalue weighted by atomic mass is 31.2. The summed E-state index contributed by atoms with van der Waals surface area (Å²) in [5.74, 6) is 2.83. The van der Waals surface area contributed by atoms with Crippen LogP contribution < -0.4 is 9.47 Å². The zero-order chi connectivity index (χ0) is 22.3. The van der Waals surface area contributed by atoms with Gasteiger partial charge in [0.2, 0.25) is 0 Å². The molecule has 0 atom stereocenters. The third kappa shape index (κ3) is 6.34. The summed E-state index contributed by atoms with van der Waals surface area (Å²) in [5.41, 5.74) is 4.28. The molecule has 0 aliphatic heterocycles. The lowest BCUT2D eigenvalue weighted by molar-refractivity contribution is 0.220. The molecule has 2 rings (SSSR count). The van der Waals surface area contributed by atoms with Gasteiger partial charge >= 0.3 is 7.60 Å². The van der Waals surface area contributed by atoms with Gasteiger partial charge < -0.3 is 18.5 Å². The molecule has 0 saturated heterocycles. The summed E-state index contributed by atoms with van der Waals surface area (Å²) < 4.78 is 35.2. The van der Waals surface area contributed by atoms with Crippen LogP contribution in [-0.4, -0.2) is 26.5 Å². The molecule has 0 saturated carbocycles. The maximum Gasteiger partial charge on any atom is 0.330 e. The second-order valence-electron chi connectivity index (χ2n) is 7.64. The zero-order valence-electron chi connectivity index (χ0n) is 19.3. The quantitative estimate of drug-likeness (QED) is 0.355. The first-order valence-electron chi connectivity index (χ1n) is 10.6. The Morgan fingerprint density at radius 2 is 1.57 bits per heavy atom. The monoisotopic (exact) mass is 434 g/mol. The minimum Gasteiger partial charge on any atom is -0.496 e. The average molecular weight is 435 g/mol. The number of hydrogen-bond donors (Lipinski definition) is 0. The Kier molecular flexibility index (Phi) is 8.96. The summed E-state index contributed by atoms with van der Waals surface area (Å²) in [5, 5.41) is 0. The van der Waals surface area contributed by atoms with Crippen LogP contribution in [0.1, 0.15) is 55.9 Å². The SMILES string of the molecule is CCOP(=O)(CCc1cc(C)c(Oc2ccc(OC)c(C(C)C)c2)c(C)c1)OCC. The van der Waals surface area contributed by atoms with Crippen molar-refractivity contribution < 1.29 is 23.1 Å². The molecule has 166 valence electrons. The van der Waals surface area contributed by atoms with Gasteiger partial charge in [0.1, 0.15) is 17.2 Å². The van der Waals surface area contributed by atoms with Crippen molar-refractivity contribution in [2.75, 3.05) is 26.5 Å². The standard InChI is InChI=1S/C24H35O5P/c1-8-27-30(25,28-9-2)13-12-20-14-18(5)24(19(6)15-20)29-21-10-11-23(26-7)22(16-21)17(3)4/h10-11,14-17H,8-9,12-13H2,1-7H3. The van der Waals surface area contributed by atoms with Crippen LogP contribution in [0.15, 0.2) is 30.3 Å². The van der Waals surface area contributed by atoms with E-state index < -0.39 is 7.60 Å². The molecule has 2 aromatic rings. The fraction of sp³-hybridized carbons (Fsp3) is 0.500. The molecule has 0 bridgehead atoms. The van der Waals surface area contributed by atoms with Crippen molar-refractivity contribution in [3.05, 3.63) is 52.6 Å². The van der Waals surface area contributed by atoms with Crippen LogP contribution in [0.3, 0.4) is 0 Å². The van der Waals surface area contributed by atoms with E-state index in [9.17, 15) is 4.57 Å². The third-order valence-electron chi connectivity index (χ3n) is 4.89. The summed E-state index contributed by atoms with van der Waals surface area (Å²) in [6.07, 6.45) is 0.989. The van der Waals surface area contributed by atoms with Crippen LogP contribution in [0.5, 0.6) is 17.2 Å². The number of hydrogen-bond acceptors (Lipinski definition) is 5. The first-order chi connectivity index (χ1) is 14.2. The van der Waals surface area contributed by atoms with E-state index in [0.717, 1.165) is 39.5 Å². The molecule has 0 fully saturated rings. The van der Waals surface area contributed by atoms with Gasteiger partial charge in [-0.25, -0.2) is 0 Å². The Labute approximate surface area is 181 Å². The molecule has 6 heteroatoms. The highest BCUT2D eigenvalue weighted by Crippen LogP contribution is 2.48. The number of rotatable bonds is 11. The first kappa shape index (κ1) is 24.5. The Balaban J connectivity index is 2.21. The number of benzene rings is 2. The van der Waals surface area contributed by atoms with E-state index in [-0.39, 0.29) is 0 Å². The largest absolute Gasteiger partial charge is 0.496 e. The lowest BCUT2D eigenvalue weighted by Crippen LogP contribution is -2.03. The van der Waals surface area contributed by atoms with Crippen LogP contribution in [0.2, 0.25) is 0 Å². The molecular weight excluding hydrogens is 399 g/mol. The van der Waals surface area contributed by atoms with E-state index in [1.165, 1.54) is 0 Å². The molecule has 0 aliphatic rings. The van der Waals surface area contributed by atoms with Gasteiger partial charge in [0, 0.05) is 5.56 Å². The Hall–Kier alpha value is -1.81. The smallest absolute Gasteiger partial charge is 0.330 e. The molecule has 0 aliphatic carbocycles. The number of methoxy groups -OCH3 is 1. The van der Waals surface area contributed by atoms with Crippen LogP contribution in [0.4, 0.5) is 0 Å². The van der Waals surface area contributed by atoms with Crippen molar-refractivity contribution in [3.8, 4) is 17.2 Å². The molecule has 0 unspecified atom stereocenters. The van der Waals surface area contributed by atoms with E-state index in [1.807, 2.05) is 45.9 Å². The first-order valence-corrected chi connectivity index (χ1v) is 12.3. The van der Waals surface area contributed by atoms with Crippen molar-refractivity contribution in [2.45, 2.75) is 53.9 Å². The predicted molar refractivity (Wildman–Crippen MR) is 123 cm³/mol. The second kappa shape index (κ2) is 11.0. The lowest BCUT2D eigenvalue weighted by atomic mass is 10.0. The third-order valence-corrected chi connectivity index (χ3v) is 6.96. The van der Waals surface area contributed by atoms with E-state index in [2.05, 4.69) is 26.0 Å². The van der Waals surface area contributed by atoms with E-state index in [1.54, 1.807) is 7.11 Å².